The predicted molar refractivity (Wildman–Crippen MR) is 43.0 cm³/mol. The van der Waals surface area contributed by atoms with Gasteiger partial charge in [-0.05, 0) is 20.8 Å². The van der Waals surface area contributed by atoms with Crippen molar-refractivity contribution in [3.63, 3.8) is 0 Å². The summed E-state index contributed by atoms with van der Waals surface area (Å²) in [5, 5.41) is 12.4. The molecule has 1 radical (unpaired) electrons. The molecule has 1 aromatic heterocycles. The lowest BCUT2D eigenvalue weighted by Gasteiger charge is -2.18. The highest BCUT2D eigenvalue weighted by Gasteiger charge is 2.16. The molecular weight excluding hydrogens is 156 g/mol. The summed E-state index contributed by atoms with van der Waals surface area (Å²) < 4.78 is 1.58. The van der Waals surface area contributed by atoms with Crippen LogP contribution in [0.3, 0.4) is 0 Å². The summed E-state index contributed by atoms with van der Waals surface area (Å²) in [4.78, 5) is 10.4. The lowest BCUT2D eigenvalue weighted by atomic mass is 10.1. The summed E-state index contributed by atoms with van der Waals surface area (Å²) >= 11 is 0. The van der Waals surface area contributed by atoms with Crippen molar-refractivity contribution in [3.05, 3.63) is 18.0 Å². The second kappa shape index (κ2) is 2.62. The second-order valence-electron chi connectivity index (χ2n) is 3.54. The van der Waals surface area contributed by atoms with Gasteiger partial charge in [0, 0.05) is 12.3 Å². The van der Waals surface area contributed by atoms with Crippen LogP contribution in [0, 0.1) is 6.07 Å². The van der Waals surface area contributed by atoms with Crippen LogP contribution in [-0.4, -0.2) is 20.9 Å². The highest BCUT2D eigenvalue weighted by molar-refractivity contribution is 5.84. The third-order valence-electron chi connectivity index (χ3n) is 1.42. The summed E-state index contributed by atoms with van der Waals surface area (Å²) in [6.45, 7) is 5.83. The summed E-state index contributed by atoms with van der Waals surface area (Å²) in [6.07, 6.45) is 1.55. The molecule has 1 aromatic rings. The molecule has 1 N–H and O–H groups in total. The molecule has 0 aliphatic carbocycles. The molecule has 4 nitrogen and oxygen atoms in total. The minimum Gasteiger partial charge on any atom is -0.476 e. The maximum Gasteiger partial charge on any atom is 0.357 e. The molecule has 0 aliphatic rings. The van der Waals surface area contributed by atoms with Crippen LogP contribution >= 0.6 is 0 Å². The number of carboxylic acids is 1. The van der Waals surface area contributed by atoms with Crippen molar-refractivity contribution >= 4 is 5.97 Å². The average Bonchev–Trinajstić information content (AvgIpc) is 2.30. The van der Waals surface area contributed by atoms with Gasteiger partial charge in [0.25, 0.3) is 0 Å². The number of carboxylic acid groups (broad SMARTS) is 1. The maximum absolute atomic E-state index is 10.4. The quantitative estimate of drug-likeness (QED) is 0.682. The molecule has 0 aromatic carbocycles. The van der Waals surface area contributed by atoms with Crippen molar-refractivity contribution < 1.29 is 9.90 Å². The van der Waals surface area contributed by atoms with Crippen LogP contribution in [0.2, 0.25) is 0 Å². The van der Waals surface area contributed by atoms with E-state index in [-0.39, 0.29) is 11.2 Å². The van der Waals surface area contributed by atoms with E-state index >= 15 is 0 Å². The van der Waals surface area contributed by atoms with E-state index in [1.54, 1.807) is 10.9 Å². The van der Waals surface area contributed by atoms with Gasteiger partial charge in [-0.2, -0.15) is 5.10 Å². The molecule has 65 valence electrons. The topological polar surface area (TPSA) is 55.1 Å². The first-order valence-corrected chi connectivity index (χ1v) is 3.62. The molecule has 0 atom stereocenters. The molecule has 0 aliphatic heterocycles. The Hall–Kier alpha value is -1.32. The highest BCUT2D eigenvalue weighted by Crippen LogP contribution is 2.11. The highest BCUT2D eigenvalue weighted by atomic mass is 16.4. The summed E-state index contributed by atoms with van der Waals surface area (Å²) in [5.74, 6) is -1.04. The van der Waals surface area contributed by atoms with Gasteiger partial charge in [-0.25, -0.2) is 4.79 Å². The first-order valence-electron chi connectivity index (χ1n) is 3.62. The zero-order valence-electron chi connectivity index (χ0n) is 7.33. The Kier molecular flexibility index (Phi) is 1.92. The molecule has 0 saturated carbocycles. The number of hydrogen-bond acceptors (Lipinski definition) is 2. The van der Waals surface area contributed by atoms with Gasteiger partial charge in [0.05, 0.1) is 5.54 Å². The first-order chi connectivity index (χ1) is 5.41. The van der Waals surface area contributed by atoms with Crippen molar-refractivity contribution in [2.45, 2.75) is 26.3 Å². The van der Waals surface area contributed by atoms with E-state index in [0.29, 0.717) is 0 Å². The average molecular weight is 167 g/mol. The fraction of sp³-hybridized carbons (Fsp3) is 0.500. The Labute approximate surface area is 70.8 Å². The normalized spacial score (nSPS) is 11.6. The van der Waals surface area contributed by atoms with Crippen LogP contribution in [0.1, 0.15) is 31.3 Å². The molecule has 12 heavy (non-hydrogen) atoms. The van der Waals surface area contributed by atoms with E-state index in [1.807, 2.05) is 20.8 Å². The number of nitrogens with zero attached hydrogens (tertiary/aromatic N) is 2. The van der Waals surface area contributed by atoms with Gasteiger partial charge in [0.1, 0.15) is 0 Å². The lowest BCUT2D eigenvalue weighted by molar-refractivity contribution is 0.0688. The van der Waals surface area contributed by atoms with Crippen molar-refractivity contribution in [2.75, 3.05) is 0 Å². The summed E-state index contributed by atoms with van der Waals surface area (Å²) in [7, 11) is 0. The maximum atomic E-state index is 10.4. The van der Waals surface area contributed by atoms with Crippen LogP contribution in [0.5, 0.6) is 0 Å². The number of aromatic nitrogens is 2. The molecule has 0 amide bonds. The second-order valence-corrected chi connectivity index (χ2v) is 3.54. The fourth-order valence-electron chi connectivity index (χ4n) is 0.736. The van der Waals surface area contributed by atoms with Crippen molar-refractivity contribution in [3.8, 4) is 0 Å². The SMILES string of the molecule is CC(C)(C)n1c[c]c(C(=O)O)n1. The minimum absolute atomic E-state index is 0.0371. The Bertz CT molecular complexity index is 296. The standard InChI is InChI=1S/C8H11N2O2/c1-8(2,3)10-5-4-6(9-10)7(11)12/h5H,1-3H3,(H,11,12). The number of aromatic carboxylic acids is 1. The van der Waals surface area contributed by atoms with E-state index in [1.165, 1.54) is 0 Å². The van der Waals surface area contributed by atoms with E-state index in [0.717, 1.165) is 0 Å². The zero-order chi connectivity index (χ0) is 9.35. The summed E-state index contributed by atoms with van der Waals surface area (Å²) in [6, 6.07) is 2.56. The molecule has 1 rings (SSSR count). The summed E-state index contributed by atoms with van der Waals surface area (Å²) in [5.41, 5.74) is -0.227. The molecule has 4 heteroatoms. The van der Waals surface area contributed by atoms with Gasteiger partial charge in [-0.1, -0.05) is 0 Å². The van der Waals surface area contributed by atoms with Crippen LogP contribution in [0.25, 0.3) is 0 Å². The van der Waals surface area contributed by atoms with Crippen LogP contribution in [0.4, 0.5) is 0 Å². The van der Waals surface area contributed by atoms with Gasteiger partial charge in [-0.15, -0.1) is 0 Å². The molecule has 0 fully saturated rings. The van der Waals surface area contributed by atoms with E-state index in [9.17, 15) is 4.79 Å². The predicted octanol–water partition coefficient (Wildman–Crippen LogP) is 1.14. The van der Waals surface area contributed by atoms with E-state index in [4.69, 9.17) is 5.11 Å². The van der Waals surface area contributed by atoms with Gasteiger partial charge in [0.15, 0.2) is 5.69 Å². The Morgan fingerprint density at radius 1 is 1.67 bits per heavy atom. The van der Waals surface area contributed by atoms with Crippen LogP contribution < -0.4 is 0 Å². The zero-order valence-corrected chi connectivity index (χ0v) is 7.33. The van der Waals surface area contributed by atoms with Gasteiger partial charge < -0.3 is 5.11 Å². The van der Waals surface area contributed by atoms with Crippen molar-refractivity contribution in [1.29, 1.82) is 0 Å². The smallest absolute Gasteiger partial charge is 0.357 e. The monoisotopic (exact) mass is 167 g/mol. The van der Waals surface area contributed by atoms with Crippen molar-refractivity contribution in [2.24, 2.45) is 0 Å². The minimum atomic E-state index is -1.04. The molecular formula is C8H11N2O2. The van der Waals surface area contributed by atoms with E-state index in [2.05, 4.69) is 11.2 Å². The van der Waals surface area contributed by atoms with Gasteiger partial charge in [-0.3, -0.25) is 4.68 Å². The van der Waals surface area contributed by atoms with E-state index < -0.39 is 5.97 Å². The van der Waals surface area contributed by atoms with Crippen molar-refractivity contribution in [1.82, 2.24) is 9.78 Å². The molecule has 0 spiro atoms. The number of rotatable bonds is 1. The number of hydrogen-bond donors (Lipinski definition) is 1. The fourth-order valence-corrected chi connectivity index (χ4v) is 0.736. The van der Waals surface area contributed by atoms with Crippen LogP contribution in [-0.2, 0) is 5.54 Å². The molecule has 1 heterocycles. The molecule has 0 saturated heterocycles. The van der Waals surface area contributed by atoms with Crippen LogP contribution in [0.15, 0.2) is 6.20 Å². The molecule has 0 unspecified atom stereocenters. The van der Waals surface area contributed by atoms with Gasteiger partial charge in [0.2, 0.25) is 0 Å². The first kappa shape index (κ1) is 8.77. The number of carbonyl (C=O) groups is 1. The van der Waals surface area contributed by atoms with Gasteiger partial charge >= 0.3 is 5.97 Å². The lowest BCUT2D eigenvalue weighted by Crippen LogP contribution is -2.22. The Morgan fingerprint density at radius 2 is 2.25 bits per heavy atom. The Morgan fingerprint density at radius 3 is 2.50 bits per heavy atom. The molecule has 0 bridgehead atoms. The third kappa shape index (κ3) is 1.64. The third-order valence-corrected chi connectivity index (χ3v) is 1.42. The largest absolute Gasteiger partial charge is 0.476 e. The Balaban J connectivity index is 3.00.